The second kappa shape index (κ2) is 8.16. The number of carbonyl (C=O) groups excluding carboxylic acids is 1. The number of aryl methyl sites for hydroxylation is 1. The summed E-state index contributed by atoms with van der Waals surface area (Å²) >= 11 is 2.72. The molecule has 0 aliphatic carbocycles. The zero-order valence-corrected chi connectivity index (χ0v) is 15.0. The predicted molar refractivity (Wildman–Crippen MR) is 92.4 cm³/mol. The maximum absolute atomic E-state index is 11.4. The van der Waals surface area contributed by atoms with Crippen molar-refractivity contribution in [3.8, 4) is 0 Å². The Kier molecular flexibility index (Phi) is 6.23. The zero-order valence-electron chi connectivity index (χ0n) is 13.4. The quantitative estimate of drug-likeness (QED) is 0.462. The van der Waals surface area contributed by atoms with Crippen molar-refractivity contribution in [2.75, 3.05) is 5.32 Å². The first-order valence-electron chi connectivity index (χ1n) is 7.13. The lowest BCUT2D eigenvalue weighted by Crippen LogP contribution is -2.17. The van der Waals surface area contributed by atoms with Gasteiger partial charge in [-0.1, -0.05) is 23.5 Å². The van der Waals surface area contributed by atoms with Gasteiger partial charge < -0.3 is 14.8 Å². The minimum atomic E-state index is -0.678. The molecule has 2 aromatic rings. The lowest BCUT2D eigenvalue weighted by Gasteiger charge is -2.12. The Labute approximate surface area is 143 Å². The first kappa shape index (κ1) is 17.6. The number of hydrogen-bond donors (Lipinski definition) is 1. The number of rotatable bonds is 6. The molecule has 0 unspecified atom stereocenters. The van der Waals surface area contributed by atoms with E-state index in [-0.39, 0.29) is 6.10 Å². The molecular formula is C15H19N3O3S2. The number of hydrogen-bond acceptors (Lipinski definition) is 8. The van der Waals surface area contributed by atoms with Gasteiger partial charge >= 0.3 is 6.16 Å². The molecule has 8 heteroatoms. The van der Waals surface area contributed by atoms with Gasteiger partial charge in [0.1, 0.15) is 0 Å². The summed E-state index contributed by atoms with van der Waals surface area (Å²) in [6.07, 6.45) is -0.881. The number of thioether (sulfide) groups is 1. The van der Waals surface area contributed by atoms with E-state index >= 15 is 0 Å². The van der Waals surface area contributed by atoms with Crippen molar-refractivity contribution in [3.05, 3.63) is 29.8 Å². The van der Waals surface area contributed by atoms with Gasteiger partial charge in [0.15, 0.2) is 9.78 Å². The van der Waals surface area contributed by atoms with Crippen LogP contribution < -0.4 is 5.32 Å². The Balaban J connectivity index is 1.88. The normalized spacial score (nSPS) is 12.0. The molecule has 1 aromatic carbocycles. The summed E-state index contributed by atoms with van der Waals surface area (Å²) in [5.41, 5.74) is 1.73. The molecule has 1 heterocycles. The lowest BCUT2D eigenvalue weighted by atomic mass is 10.2. The van der Waals surface area contributed by atoms with E-state index in [0.29, 0.717) is 9.47 Å². The van der Waals surface area contributed by atoms with Crippen LogP contribution in [0.5, 0.6) is 0 Å². The Hall–Kier alpha value is -1.80. The lowest BCUT2D eigenvalue weighted by molar-refractivity contribution is 0.0312. The van der Waals surface area contributed by atoms with E-state index in [1.165, 1.54) is 28.7 Å². The summed E-state index contributed by atoms with van der Waals surface area (Å²) < 4.78 is 10.8. The fraction of sp³-hybridized carbons (Fsp3) is 0.400. The average molecular weight is 353 g/mol. The first-order chi connectivity index (χ1) is 10.9. The molecule has 23 heavy (non-hydrogen) atoms. The molecule has 1 N–H and O–H groups in total. The number of ether oxygens (including phenoxy) is 2. The third-order valence-electron chi connectivity index (χ3n) is 2.54. The van der Waals surface area contributed by atoms with E-state index in [4.69, 9.17) is 9.47 Å². The van der Waals surface area contributed by atoms with Crippen molar-refractivity contribution in [3.63, 3.8) is 0 Å². The highest BCUT2D eigenvalue weighted by Crippen LogP contribution is 2.31. The van der Waals surface area contributed by atoms with Crippen LogP contribution in [-0.2, 0) is 9.47 Å². The Bertz CT molecular complexity index is 661. The summed E-state index contributed by atoms with van der Waals surface area (Å²) in [5, 5.41) is 12.1. The van der Waals surface area contributed by atoms with Crippen molar-refractivity contribution < 1.29 is 14.3 Å². The van der Waals surface area contributed by atoms with Crippen LogP contribution in [0.4, 0.5) is 15.6 Å². The first-order valence-corrected chi connectivity index (χ1v) is 8.83. The Morgan fingerprint density at radius 1 is 1.26 bits per heavy atom. The van der Waals surface area contributed by atoms with Crippen LogP contribution >= 0.6 is 23.1 Å². The van der Waals surface area contributed by atoms with Crippen LogP contribution in [0.3, 0.4) is 0 Å². The maximum atomic E-state index is 11.4. The van der Waals surface area contributed by atoms with Crippen molar-refractivity contribution in [1.82, 2.24) is 10.2 Å². The molecule has 0 amide bonds. The molecule has 1 atom stereocenters. The third-order valence-corrected chi connectivity index (χ3v) is 4.42. The van der Waals surface area contributed by atoms with Gasteiger partial charge in [-0.25, -0.2) is 4.79 Å². The van der Waals surface area contributed by atoms with Gasteiger partial charge in [0.05, 0.1) is 6.10 Å². The molecule has 0 radical (unpaired) electrons. The van der Waals surface area contributed by atoms with Crippen molar-refractivity contribution >= 4 is 40.1 Å². The van der Waals surface area contributed by atoms with E-state index in [2.05, 4.69) is 15.5 Å². The van der Waals surface area contributed by atoms with Crippen LogP contribution in [0.2, 0.25) is 0 Å². The van der Waals surface area contributed by atoms with Gasteiger partial charge in [-0.05, 0) is 57.2 Å². The number of nitrogens with zero attached hydrogens (tertiary/aromatic N) is 2. The molecule has 0 saturated carbocycles. The van der Waals surface area contributed by atoms with Crippen LogP contribution in [0.25, 0.3) is 0 Å². The number of benzene rings is 1. The predicted octanol–water partition coefficient (Wildman–Crippen LogP) is 4.59. The second-order valence-electron chi connectivity index (χ2n) is 5.09. The molecule has 0 aliphatic heterocycles. The minimum absolute atomic E-state index is 0.202. The van der Waals surface area contributed by atoms with E-state index in [1.54, 1.807) is 20.8 Å². The number of anilines is 2. The summed E-state index contributed by atoms with van der Waals surface area (Å²) in [7, 11) is 0. The van der Waals surface area contributed by atoms with Crippen molar-refractivity contribution in [1.29, 1.82) is 0 Å². The van der Waals surface area contributed by atoms with Gasteiger partial charge in [0.25, 0.3) is 0 Å². The summed E-state index contributed by atoms with van der Waals surface area (Å²) in [5.74, 6) is 0. The molecule has 0 saturated heterocycles. The molecular weight excluding hydrogens is 334 g/mol. The molecule has 0 aliphatic rings. The van der Waals surface area contributed by atoms with E-state index < -0.39 is 11.6 Å². The maximum Gasteiger partial charge on any atom is 0.509 e. The second-order valence-corrected chi connectivity index (χ2v) is 7.61. The van der Waals surface area contributed by atoms with Gasteiger partial charge in [-0.2, -0.15) is 0 Å². The summed E-state index contributed by atoms with van der Waals surface area (Å²) in [6.45, 7) is 7.34. The zero-order chi connectivity index (χ0) is 16.8. The average Bonchev–Trinajstić information content (AvgIpc) is 2.84. The van der Waals surface area contributed by atoms with Crippen molar-refractivity contribution in [2.24, 2.45) is 0 Å². The van der Waals surface area contributed by atoms with Crippen LogP contribution in [0.1, 0.15) is 26.3 Å². The van der Waals surface area contributed by atoms with Crippen molar-refractivity contribution in [2.45, 2.75) is 43.6 Å². The smallest absolute Gasteiger partial charge is 0.432 e. The molecule has 2 rings (SSSR count). The molecule has 124 valence electrons. The molecule has 1 aromatic heterocycles. The van der Waals surface area contributed by atoms with Gasteiger partial charge in [-0.3, -0.25) is 0 Å². The number of nitrogens with one attached hydrogen (secondary N) is 1. The van der Waals surface area contributed by atoms with Gasteiger partial charge in [0, 0.05) is 5.69 Å². The van der Waals surface area contributed by atoms with E-state index in [0.717, 1.165) is 5.69 Å². The standard InChI is InChI=1S/C15H19N3O3S2/c1-9(2)20-15(19)21-11(4)22-14-18-17-13(23-14)16-12-7-5-6-10(3)8-12/h5-9,11H,1-4H3,(H,16,17)/t11-/m0/s1. The highest BCUT2D eigenvalue weighted by Gasteiger charge is 2.16. The molecule has 6 nitrogen and oxygen atoms in total. The number of carbonyl (C=O) groups is 1. The third kappa shape index (κ3) is 6.07. The summed E-state index contributed by atoms with van der Waals surface area (Å²) in [6, 6.07) is 8.00. The SMILES string of the molecule is Cc1cccc(Nc2nnc(S[C@@H](C)OC(=O)OC(C)C)s2)c1. The Morgan fingerprint density at radius 2 is 2.04 bits per heavy atom. The van der Waals surface area contributed by atoms with E-state index in [1.807, 2.05) is 31.2 Å². The number of aromatic nitrogens is 2. The highest BCUT2D eigenvalue weighted by molar-refractivity contribution is 8.01. The molecule has 0 bridgehead atoms. The van der Waals surface area contributed by atoms with E-state index in [9.17, 15) is 4.79 Å². The minimum Gasteiger partial charge on any atom is -0.432 e. The van der Waals surface area contributed by atoms with Crippen LogP contribution in [0.15, 0.2) is 28.6 Å². The summed E-state index contributed by atoms with van der Waals surface area (Å²) in [4.78, 5) is 11.4. The van der Waals surface area contributed by atoms with Gasteiger partial charge in [-0.15, -0.1) is 10.2 Å². The van der Waals surface area contributed by atoms with Gasteiger partial charge in [0.2, 0.25) is 5.13 Å². The highest BCUT2D eigenvalue weighted by atomic mass is 32.2. The monoisotopic (exact) mass is 353 g/mol. The van der Waals surface area contributed by atoms with Crippen LogP contribution in [0, 0.1) is 6.92 Å². The topological polar surface area (TPSA) is 73.3 Å². The molecule has 0 fully saturated rings. The molecule has 0 spiro atoms. The Morgan fingerprint density at radius 3 is 2.74 bits per heavy atom. The largest absolute Gasteiger partial charge is 0.509 e. The fourth-order valence-corrected chi connectivity index (χ4v) is 3.51. The van der Waals surface area contributed by atoms with Crippen LogP contribution in [-0.4, -0.2) is 27.9 Å². The fourth-order valence-electron chi connectivity index (χ4n) is 1.68.